The van der Waals surface area contributed by atoms with Crippen LogP contribution >= 0.6 is 0 Å². The molecule has 8 heteroatoms. The molecule has 0 saturated heterocycles. The molecule has 8 nitrogen and oxygen atoms in total. The van der Waals surface area contributed by atoms with Crippen LogP contribution in [0.3, 0.4) is 0 Å². The van der Waals surface area contributed by atoms with Crippen molar-refractivity contribution in [1.82, 2.24) is 0 Å². The van der Waals surface area contributed by atoms with Gasteiger partial charge >= 0.3 is 11.7 Å². The van der Waals surface area contributed by atoms with Crippen molar-refractivity contribution in [3.05, 3.63) is 27.8 Å². The van der Waals surface area contributed by atoms with Gasteiger partial charge in [0.2, 0.25) is 5.75 Å². The number of aliphatic hydroxyl groups excluding tert-OH is 1. The van der Waals surface area contributed by atoms with Crippen LogP contribution in [0, 0.1) is 10.1 Å². The molecule has 17 heavy (non-hydrogen) atoms. The van der Waals surface area contributed by atoms with E-state index in [4.69, 9.17) is 5.11 Å². The van der Waals surface area contributed by atoms with Crippen molar-refractivity contribution in [2.45, 2.75) is 6.10 Å². The molecule has 1 aromatic carbocycles. The van der Waals surface area contributed by atoms with Crippen molar-refractivity contribution in [3.63, 3.8) is 0 Å². The van der Waals surface area contributed by atoms with Gasteiger partial charge in [0.05, 0.1) is 12.0 Å². The number of phenolic OH excluding ortho intramolecular Hbond substituents is 1. The van der Waals surface area contributed by atoms with Crippen molar-refractivity contribution in [2.75, 3.05) is 7.11 Å². The van der Waals surface area contributed by atoms with E-state index in [0.717, 1.165) is 19.2 Å². The minimum absolute atomic E-state index is 0.251. The summed E-state index contributed by atoms with van der Waals surface area (Å²) in [6.45, 7) is 0. The average molecular weight is 243 g/mol. The van der Waals surface area contributed by atoms with E-state index in [1.807, 2.05) is 0 Å². The van der Waals surface area contributed by atoms with Gasteiger partial charge in [-0.1, -0.05) is 0 Å². The molecule has 0 saturated carbocycles. The van der Waals surface area contributed by atoms with Gasteiger partial charge in [-0.25, -0.2) is 4.79 Å². The Labute approximate surface area is 94.8 Å². The maximum absolute atomic E-state index is 10.6. The maximum atomic E-state index is 10.6. The van der Waals surface area contributed by atoms with E-state index in [1.54, 1.807) is 0 Å². The molecular weight excluding hydrogens is 234 g/mol. The van der Waals surface area contributed by atoms with Gasteiger partial charge in [-0.2, -0.15) is 0 Å². The molecule has 1 rings (SSSR count). The molecule has 0 radical (unpaired) electrons. The minimum atomic E-state index is -1.93. The third-order valence-electron chi connectivity index (χ3n) is 2.04. The Morgan fingerprint density at radius 3 is 2.53 bits per heavy atom. The van der Waals surface area contributed by atoms with Crippen LogP contribution in [0.2, 0.25) is 0 Å². The predicted molar refractivity (Wildman–Crippen MR) is 53.9 cm³/mol. The number of nitrogens with zero attached hydrogens (tertiary/aromatic N) is 1. The number of aliphatic hydroxyl groups is 1. The van der Waals surface area contributed by atoms with Crippen LogP contribution in [-0.2, 0) is 4.79 Å². The number of aromatic hydroxyl groups is 1. The van der Waals surface area contributed by atoms with Crippen molar-refractivity contribution >= 4 is 11.7 Å². The Hall–Kier alpha value is -2.35. The first kappa shape index (κ1) is 12.7. The number of hydrogen-bond acceptors (Lipinski definition) is 6. The maximum Gasteiger partial charge on any atom is 0.337 e. The molecule has 1 atom stereocenters. The molecule has 0 fully saturated rings. The topological polar surface area (TPSA) is 130 Å². The van der Waals surface area contributed by atoms with Crippen molar-refractivity contribution < 1.29 is 29.8 Å². The number of ether oxygens (including phenoxy) is 1. The monoisotopic (exact) mass is 243 g/mol. The third kappa shape index (κ3) is 2.42. The Bertz CT molecular complexity index is 471. The van der Waals surface area contributed by atoms with Crippen LogP contribution in [0.5, 0.6) is 11.5 Å². The normalized spacial score (nSPS) is 11.9. The van der Waals surface area contributed by atoms with Crippen LogP contribution in [0.4, 0.5) is 5.69 Å². The lowest BCUT2D eigenvalue weighted by Gasteiger charge is -2.09. The lowest BCUT2D eigenvalue weighted by Crippen LogP contribution is -2.11. The molecule has 0 spiro atoms. The van der Waals surface area contributed by atoms with E-state index >= 15 is 0 Å². The predicted octanol–water partition coefficient (Wildman–Crippen LogP) is 0.427. The smallest absolute Gasteiger partial charge is 0.337 e. The second-order valence-electron chi connectivity index (χ2n) is 3.09. The van der Waals surface area contributed by atoms with Crippen LogP contribution < -0.4 is 4.74 Å². The highest BCUT2D eigenvalue weighted by molar-refractivity contribution is 5.75. The third-order valence-corrected chi connectivity index (χ3v) is 2.04. The summed E-state index contributed by atoms with van der Waals surface area (Å²) in [6, 6.07) is 1.79. The van der Waals surface area contributed by atoms with E-state index in [2.05, 4.69) is 4.74 Å². The first-order chi connectivity index (χ1) is 7.88. The molecule has 1 aromatic rings. The van der Waals surface area contributed by atoms with E-state index in [9.17, 15) is 25.1 Å². The number of aliphatic carboxylic acids is 1. The van der Waals surface area contributed by atoms with E-state index < -0.39 is 28.4 Å². The summed E-state index contributed by atoms with van der Waals surface area (Å²) in [4.78, 5) is 20.2. The average Bonchev–Trinajstić information content (AvgIpc) is 2.27. The molecule has 0 amide bonds. The van der Waals surface area contributed by atoms with E-state index in [-0.39, 0.29) is 11.3 Å². The van der Waals surface area contributed by atoms with E-state index in [1.165, 1.54) is 0 Å². The Kier molecular flexibility index (Phi) is 3.49. The second kappa shape index (κ2) is 4.66. The number of nitro groups is 1. The molecule has 92 valence electrons. The lowest BCUT2D eigenvalue weighted by molar-refractivity contribution is -0.386. The van der Waals surface area contributed by atoms with Gasteiger partial charge < -0.3 is 20.1 Å². The summed E-state index contributed by atoms with van der Waals surface area (Å²) in [6.07, 6.45) is -1.93. The fourth-order valence-electron chi connectivity index (χ4n) is 1.21. The quantitative estimate of drug-likeness (QED) is 0.516. The zero-order valence-electron chi connectivity index (χ0n) is 8.65. The number of hydrogen-bond donors (Lipinski definition) is 3. The van der Waals surface area contributed by atoms with Gasteiger partial charge in [0.15, 0.2) is 11.9 Å². The van der Waals surface area contributed by atoms with Gasteiger partial charge in [-0.05, 0) is 6.07 Å². The zero-order valence-corrected chi connectivity index (χ0v) is 8.65. The van der Waals surface area contributed by atoms with Crippen LogP contribution in [-0.4, -0.2) is 33.3 Å². The molecular formula is C9H9NO7. The first-order valence-corrected chi connectivity index (χ1v) is 4.34. The Morgan fingerprint density at radius 1 is 1.53 bits per heavy atom. The number of phenols is 1. The second-order valence-corrected chi connectivity index (χ2v) is 3.09. The van der Waals surface area contributed by atoms with Gasteiger partial charge in [0.1, 0.15) is 0 Å². The fraction of sp³-hybridized carbons (Fsp3) is 0.222. The fourth-order valence-corrected chi connectivity index (χ4v) is 1.21. The summed E-state index contributed by atoms with van der Waals surface area (Å²) >= 11 is 0. The first-order valence-electron chi connectivity index (χ1n) is 4.34. The van der Waals surface area contributed by atoms with Crippen molar-refractivity contribution in [1.29, 1.82) is 0 Å². The van der Waals surface area contributed by atoms with Gasteiger partial charge in [-0.15, -0.1) is 0 Å². The van der Waals surface area contributed by atoms with Gasteiger partial charge in [-0.3, -0.25) is 10.1 Å². The molecule has 1 unspecified atom stereocenters. The number of nitro benzene ring substituents is 1. The minimum Gasteiger partial charge on any atom is -0.500 e. The van der Waals surface area contributed by atoms with Gasteiger partial charge in [0.25, 0.3) is 0 Å². The highest BCUT2D eigenvalue weighted by Crippen LogP contribution is 2.38. The Morgan fingerprint density at radius 2 is 2.12 bits per heavy atom. The summed E-state index contributed by atoms with van der Waals surface area (Å²) in [7, 11) is 1.15. The highest BCUT2D eigenvalue weighted by Gasteiger charge is 2.25. The molecule has 0 aliphatic carbocycles. The largest absolute Gasteiger partial charge is 0.500 e. The van der Waals surface area contributed by atoms with Crippen LogP contribution in [0.1, 0.15) is 11.7 Å². The summed E-state index contributed by atoms with van der Waals surface area (Å²) < 4.78 is 4.65. The molecule has 0 heterocycles. The van der Waals surface area contributed by atoms with Crippen LogP contribution in [0.25, 0.3) is 0 Å². The molecule has 0 aliphatic heterocycles. The van der Waals surface area contributed by atoms with E-state index in [0.29, 0.717) is 0 Å². The summed E-state index contributed by atoms with van der Waals surface area (Å²) in [5, 5.41) is 37.8. The number of benzene rings is 1. The number of carbonyl (C=O) groups is 1. The van der Waals surface area contributed by atoms with Gasteiger partial charge in [0, 0.05) is 11.6 Å². The Balaban J connectivity index is 3.39. The molecule has 0 bridgehead atoms. The summed E-state index contributed by atoms with van der Waals surface area (Å²) in [5.41, 5.74) is -0.987. The van der Waals surface area contributed by atoms with Crippen LogP contribution in [0.15, 0.2) is 12.1 Å². The number of rotatable bonds is 4. The number of carboxylic acid groups (broad SMARTS) is 1. The van der Waals surface area contributed by atoms with Crippen molar-refractivity contribution in [2.24, 2.45) is 0 Å². The standard InChI is InChI=1S/C9H9NO7/c1-17-6-3-4(7(11)9(13)14)2-5(8(6)12)10(15)16/h2-3,7,11-12H,1H3,(H,13,14). The molecule has 3 N–H and O–H groups in total. The SMILES string of the molecule is COc1cc(C(O)C(=O)O)cc([N+](=O)[O-])c1O. The summed E-state index contributed by atoms with van der Waals surface area (Å²) in [5.74, 6) is -2.57. The molecule has 0 aromatic heterocycles. The number of methoxy groups -OCH3 is 1. The zero-order chi connectivity index (χ0) is 13.2. The van der Waals surface area contributed by atoms with Crippen molar-refractivity contribution in [3.8, 4) is 11.5 Å². The lowest BCUT2D eigenvalue weighted by atomic mass is 10.1. The number of carboxylic acids is 1. The highest BCUT2D eigenvalue weighted by atomic mass is 16.6. The molecule has 0 aliphatic rings.